The van der Waals surface area contributed by atoms with Crippen molar-refractivity contribution < 1.29 is 23.7 Å². The first-order valence-electron chi connectivity index (χ1n) is 9.04. The number of halogens is 1. The van der Waals surface area contributed by atoms with Crippen molar-refractivity contribution in [3.05, 3.63) is 46.0 Å². The number of carbonyl (C=O) groups excluding carboxylic acids is 1. The van der Waals surface area contributed by atoms with Gasteiger partial charge in [-0.25, -0.2) is 0 Å². The summed E-state index contributed by atoms with van der Waals surface area (Å²) in [5, 5.41) is 12.7. The van der Waals surface area contributed by atoms with Crippen LogP contribution in [0.25, 0.3) is 6.08 Å². The Morgan fingerprint density at radius 1 is 1.10 bits per heavy atom. The van der Waals surface area contributed by atoms with Crippen LogP contribution in [0.15, 0.2) is 29.8 Å². The average Bonchev–Trinajstić information content (AvgIpc) is 2.74. The summed E-state index contributed by atoms with van der Waals surface area (Å²) in [6, 6.07) is 8.51. The normalized spacial score (nSPS) is 10.8. The Bertz CT molecular complexity index is 986. The Hall–Kier alpha value is -3.37. The van der Waals surface area contributed by atoms with Crippen molar-refractivity contribution in [2.24, 2.45) is 0 Å². The lowest BCUT2D eigenvalue weighted by Gasteiger charge is -2.14. The van der Waals surface area contributed by atoms with E-state index in [1.165, 1.54) is 27.4 Å². The first kappa shape index (κ1) is 22.9. The molecule has 0 saturated heterocycles. The van der Waals surface area contributed by atoms with Gasteiger partial charge in [0.15, 0.2) is 11.5 Å². The third-order valence-corrected chi connectivity index (χ3v) is 4.58. The predicted molar refractivity (Wildman–Crippen MR) is 116 cm³/mol. The SMILES string of the molecule is CCOc1c(OC)cc(/C=C(/C#N)C(=O)Nc2cc(C)c(Cl)cc2OC)cc1OC. The fourth-order valence-electron chi connectivity index (χ4n) is 2.70. The Morgan fingerprint density at radius 3 is 2.20 bits per heavy atom. The summed E-state index contributed by atoms with van der Waals surface area (Å²) in [5.74, 6) is 1.10. The summed E-state index contributed by atoms with van der Waals surface area (Å²) in [7, 11) is 4.46. The molecule has 0 heterocycles. The van der Waals surface area contributed by atoms with Crippen LogP contribution in [0.4, 0.5) is 5.69 Å². The highest BCUT2D eigenvalue weighted by atomic mass is 35.5. The minimum Gasteiger partial charge on any atom is -0.495 e. The van der Waals surface area contributed by atoms with Gasteiger partial charge >= 0.3 is 0 Å². The van der Waals surface area contributed by atoms with Crippen molar-refractivity contribution in [2.45, 2.75) is 13.8 Å². The van der Waals surface area contributed by atoms with E-state index in [-0.39, 0.29) is 5.57 Å². The van der Waals surface area contributed by atoms with E-state index in [0.29, 0.717) is 45.9 Å². The lowest BCUT2D eigenvalue weighted by atomic mass is 10.1. The zero-order valence-electron chi connectivity index (χ0n) is 17.5. The second-order valence-electron chi connectivity index (χ2n) is 6.11. The van der Waals surface area contributed by atoms with Gasteiger partial charge in [-0.15, -0.1) is 0 Å². The minimum absolute atomic E-state index is 0.113. The quantitative estimate of drug-likeness (QED) is 0.485. The molecule has 158 valence electrons. The molecule has 7 nitrogen and oxygen atoms in total. The third kappa shape index (κ3) is 5.16. The molecular formula is C22H23ClN2O5. The molecule has 8 heteroatoms. The summed E-state index contributed by atoms with van der Waals surface area (Å²) < 4.78 is 21.6. The zero-order valence-corrected chi connectivity index (χ0v) is 18.2. The molecule has 2 rings (SSSR count). The van der Waals surface area contributed by atoms with Gasteiger partial charge in [0, 0.05) is 11.1 Å². The van der Waals surface area contributed by atoms with E-state index in [2.05, 4.69) is 5.32 Å². The van der Waals surface area contributed by atoms with Crippen molar-refractivity contribution in [1.82, 2.24) is 0 Å². The highest BCUT2D eigenvalue weighted by Crippen LogP contribution is 2.39. The number of nitriles is 1. The van der Waals surface area contributed by atoms with E-state index in [1.54, 1.807) is 31.2 Å². The molecule has 1 amide bonds. The summed E-state index contributed by atoms with van der Waals surface area (Å²) in [5.41, 5.74) is 1.60. The van der Waals surface area contributed by atoms with Gasteiger partial charge in [-0.3, -0.25) is 4.79 Å². The predicted octanol–water partition coefficient (Wildman–Crippen LogP) is 4.62. The Kier molecular flexibility index (Phi) is 7.96. The van der Waals surface area contributed by atoms with Crippen molar-refractivity contribution in [2.75, 3.05) is 33.3 Å². The van der Waals surface area contributed by atoms with Gasteiger partial charge in [0.1, 0.15) is 17.4 Å². The standard InChI is InChI=1S/C22H23ClN2O5/c1-6-30-21-19(28-4)9-14(10-20(21)29-5)8-15(12-24)22(26)25-17-7-13(2)16(23)11-18(17)27-3/h7-11H,6H2,1-5H3,(H,25,26)/b15-8-. The average molecular weight is 431 g/mol. The number of amides is 1. The van der Waals surface area contributed by atoms with Gasteiger partial charge in [-0.2, -0.15) is 5.26 Å². The topological polar surface area (TPSA) is 89.8 Å². The molecule has 0 bridgehead atoms. The zero-order chi connectivity index (χ0) is 22.3. The molecule has 1 N–H and O–H groups in total. The molecule has 2 aromatic carbocycles. The van der Waals surface area contributed by atoms with E-state index in [9.17, 15) is 10.1 Å². The molecule has 0 aliphatic rings. The smallest absolute Gasteiger partial charge is 0.266 e. The first-order chi connectivity index (χ1) is 14.4. The number of benzene rings is 2. The minimum atomic E-state index is -0.593. The van der Waals surface area contributed by atoms with Crippen molar-refractivity contribution >= 4 is 29.3 Å². The number of aryl methyl sites for hydroxylation is 1. The monoisotopic (exact) mass is 430 g/mol. The van der Waals surface area contributed by atoms with Crippen LogP contribution in [0, 0.1) is 18.3 Å². The summed E-state index contributed by atoms with van der Waals surface area (Å²) in [6.07, 6.45) is 1.44. The number of ether oxygens (including phenoxy) is 4. The highest BCUT2D eigenvalue weighted by Gasteiger charge is 2.17. The lowest BCUT2D eigenvalue weighted by Crippen LogP contribution is -2.14. The number of hydrogen-bond acceptors (Lipinski definition) is 6. The van der Waals surface area contributed by atoms with Crippen LogP contribution < -0.4 is 24.3 Å². The molecule has 0 spiro atoms. The molecule has 2 aromatic rings. The Balaban J connectivity index is 2.41. The van der Waals surface area contributed by atoms with Gasteiger partial charge in [0.2, 0.25) is 5.75 Å². The molecule has 30 heavy (non-hydrogen) atoms. The van der Waals surface area contributed by atoms with Crippen molar-refractivity contribution in [1.29, 1.82) is 5.26 Å². The van der Waals surface area contributed by atoms with E-state index >= 15 is 0 Å². The first-order valence-corrected chi connectivity index (χ1v) is 9.42. The van der Waals surface area contributed by atoms with Crippen molar-refractivity contribution in [3.63, 3.8) is 0 Å². The number of nitrogens with one attached hydrogen (secondary N) is 1. The van der Waals surface area contributed by atoms with Gasteiger partial charge in [0.25, 0.3) is 5.91 Å². The molecular weight excluding hydrogens is 408 g/mol. The van der Waals surface area contributed by atoms with Gasteiger partial charge in [-0.1, -0.05) is 11.6 Å². The van der Waals surface area contributed by atoms with Gasteiger partial charge < -0.3 is 24.3 Å². The van der Waals surface area contributed by atoms with Gasteiger partial charge in [-0.05, 0) is 49.2 Å². The van der Waals surface area contributed by atoms with Crippen LogP contribution >= 0.6 is 11.6 Å². The van der Waals surface area contributed by atoms with E-state index in [1.807, 2.05) is 13.0 Å². The maximum Gasteiger partial charge on any atom is 0.266 e. The molecule has 0 aliphatic heterocycles. The van der Waals surface area contributed by atoms with Crippen LogP contribution in [0.1, 0.15) is 18.1 Å². The molecule has 0 fully saturated rings. The van der Waals surface area contributed by atoms with Crippen LogP contribution in [0.3, 0.4) is 0 Å². The van der Waals surface area contributed by atoms with Crippen molar-refractivity contribution in [3.8, 4) is 29.1 Å². The second kappa shape index (κ2) is 10.4. The number of nitrogens with zero attached hydrogens (tertiary/aromatic N) is 1. The number of rotatable bonds is 8. The van der Waals surface area contributed by atoms with Gasteiger partial charge in [0.05, 0.1) is 33.6 Å². The molecule has 0 saturated carbocycles. The summed E-state index contributed by atoms with van der Waals surface area (Å²) in [6.45, 7) is 4.07. The fraction of sp³-hybridized carbons (Fsp3) is 0.273. The van der Waals surface area contributed by atoms with Crippen LogP contribution in [0.5, 0.6) is 23.0 Å². The van der Waals surface area contributed by atoms with Crippen LogP contribution in [0.2, 0.25) is 5.02 Å². The summed E-state index contributed by atoms with van der Waals surface area (Å²) >= 11 is 6.10. The highest BCUT2D eigenvalue weighted by molar-refractivity contribution is 6.31. The molecule has 0 aliphatic carbocycles. The van der Waals surface area contributed by atoms with E-state index in [0.717, 1.165) is 5.56 Å². The Labute approximate surface area is 180 Å². The molecule has 0 unspecified atom stereocenters. The largest absolute Gasteiger partial charge is 0.495 e. The molecule has 0 aromatic heterocycles. The number of methoxy groups -OCH3 is 3. The van der Waals surface area contributed by atoms with E-state index < -0.39 is 5.91 Å². The fourth-order valence-corrected chi connectivity index (χ4v) is 2.86. The maximum atomic E-state index is 12.7. The third-order valence-electron chi connectivity index (χ3n) is 4.18. The van der Waals surface area contributed by atoms with Crippen LogP contribution in [-0.2, 0) is 4.79 Å². The summed E-state index contributed by atoms with van der Waals surface area (Å²) in [4.78, 5) is 12.7. The van der Waals surface area contributed by atoms with E-state index in [4.69, 9.17) is 30.5 Å². The second-order valence-corrected chi connectivity index (χ2v) is 6.52. The number of anilines is 1. The number of carbonyl (C=O) groups is 1. The Morgan fingerprint density at radius 2 is 1.70 bits per heavy atom. The molecule has 0 atom stereocenters. The maximum absolute atomic E-state index is 12.7. The van der Waals surface area contributed by atoms with Crippen LogP contribution in [-0.4, -0.2) is 33.8 Å². The molecule has 0 radical (unpaired) electrons. The number of hydrogen-bond donors (Lipinski definition) is 1. The lowest BCUT2D eigenvalue weighted by molar-refractivity contribution is -0.112.